The zero-order valence-electron chi connectivity index (χ0n) is 12.6. The number of carbonyl (C=O) groups is 1. The van der Waals surface area contributed by atoms with Crippen molar-refractivity contribution in [2.45, 2.75) is 6.04 Å². The Labute approximate surface area is 143 Å². The Kier molecular flexibility index (Phi) is 4.67. The van der Waals surface area contributed by atoms with Crippen LogP contribution in [0.3, 0.4) is 0 Å². The predicted octanol–water partition coefficient (Wildman–Crippen LogP) is 2.83. The summed E-state index contributed by atoms with van der Waals surface area (Å²) in [6.45, 7) is 0. The van der Waals surface area contributed by atoms with Crippen molar-refractivity contribution in [3.8, 4) is 0 Å². The summed E-state index contributed by atoms with van der Waals surface area (Å²) in [5.74, 6) is -0.217. The second-order valence-electron chi connectivity index (χ2n) is 5.04. The SMILES string of the molecule is NC(=O)c1cncc(NC(c2cccc(Cl)c2)c2ccccn2)n1. The van der Waals surface area contributed by atoms with Crippen molar-refractivity contribution in [3.63, 3.8) is 0 Å². The monoisotopic (exact) mass is 339 g/mol. The Bertz CT molecular complexity index is 856. The maximum absolute atomic E-state index is 11.3. The molecule has 0 saturated carbocycles. The third-order valence-electron chi connectivity index (χ3n) is 3.34. The van der Waals surface area contributed by atoms with Crippen LogP contribution < -0.4 is 11.1 Å². The van der Waals surface area contributed by atoms with Gasteiger partial charge in [-0.2, -0.15) is 0 Å². The van der Waals surface area contributed by atoms with Gasteiger partial charge in [-0.05, 0) is 29.8 Å². The Morgan fingerprint density at radius 2 is 2.04 bits per heavy atom. The van der Waals surface area contributed by atoms with Crippen molar-refractivity contribution in [2.24, 2.45) is 5.73 Å². The molecule has 120 valence electrons. The molecule has 1 aromatic carbocycles. The normalized spacial score (nSPS) is 11.7. The molecule has 1 unspecified atom stereocenters. The van der Waals surface area contributed by atoms with Crippen LogP contribution in [-0.2, 0) is 0 Å². The standard InChI is InChI=1S/C17H14ClN5O/c18-12-5-3-4-11(8-12)16(13-6-1-2-7-21-13)23-15-10-20-9-14(22-15)17(19)24/h1-10,16H,(H2,19,24)(H,22,23). The zero-order chi connectivity index (χ0) is 16.9. The molecular weight excluding hydrogens is 326 g/mol. The summed E-state index contributed by atoms with van der Waals surface area (Å²) in [7, 11) is 0. The molecule has 1 amide bonds. The Balaban J connectivity index is 1.99. The molecule has 3 N–H and O–H groups in total. The highest BCUT2D eigenvalue weighted by Gasteiger charge is 2.17. The molecule has 24 heavy (non-hydrogen) atoms. The number of halogens is 1. The van der Waals surface area contributed by atoms with Gasteiger partial charge in [0.2, 0.25) is 0 Å². The van der Waals surface area contributed by atoms with E-state index in [-0.39, 0.29) is 11.7 Å². The first-order valence-electron chi connectivity index (χ1n) is 7.18. The van der Waals surface area contributed by atoms with Crippen LogP contribution in [0.25, 0.3) is 0 Å². The van der Waals surface area contributed by atoms with Crippen molar-refractivity contribution in [2.75, 3.05) is 5.32 Å². The van der Waals surface area contributed by atoms with Gasteiger partial charge < -0.3 is 11.1 Å². The van der Waals surface area contributed by atoms with Crippen LogP contribution in [0, 0.1) is 0 Å². The van der Waals surface area contributed by atoms with Crippen LogP contribution in [0.15, 0.2) is 61.1 Å². The molecule has 6 nitrogen and oxygen atoms in total. The molecular formula is C17H14ClN5O. The average Bonchev–Trinajstić information content (AvgIpc) is 2.60. The second kappa shape index (κ2) is 7.06. The van der Waals surface area contributed by atoms with Crippen LogP contribution in [0.4, 0.5) is 5.82 Å². The first-order valence-corrected chi connectivity index (χ1v) is 7.56. The first kappa shape index (κ1) is 15.9. The lowest BCUT2D eigenvalue weighted by Crippen LogP contribution is -2.18. The molecule has 3 rings (SSSR count). The molecule has 3 aromatic rings. The van der Waals surface area contributed by atoms with Gasteiger partial charge in [0, 0.05) is 11.2 Å². The highest BCUT2D eigenvalue weighted by molar-refractivity contribution is 6.30. The summed E-state index contributed by atoms with van der Waals surface area (Å²) in [5.41, 5.74) is 7.04. The fourth-order valence-corrected chi connectivity index (χ4v) is 2.46. The number of amides is 1. The molecule has 0 aliphatic heterocycles. The summed E-state index contributed by atoms with van der Waals surface area (Å²) in [5, 5.41) is 3.85. The number of carbonyl (C=O) groups excluding carboxylic acids is 1. The van der Waals surface area contributed by atoms with Crippen LogP contribution in [0.2, 0.25) is 5.02 Å². The lowest BCUT2D eigenvalue weighted by Gasteiger charge is -2.19. The number of nitrogens with two attached hydrogens (primary N) is 1. The van der Waals surface area contributed by atoms with Crippen molar-refractivity contribution >= 4 is 23.3 Å². The van der Waals surface area contributed by atoms with E-state index in [9.17, 15) is 4.79 Å². The van der Waals surface area contributed by atoms with Crippen LogP contribution >= 0.6 is 11.6 Å². The number of aromatic nitrogens is 3. The molecule has 0 fully saturated rings. The number of hydrogen-bond acceptors (Lipinski definition) is 5. The molecule has 0 aliphatic carbocycles. The maximum atomic E-state index is 11.3. The van der Waals surface area contributed by atoms with Crippen molar-refractivity contribution in [3.05, 3.63) is 83.0 Å². The van der Waals surface area contributed by atoms with Gasteiger partial charge in [-0.3, -0.25) is 14.8 Å². The summed E-state index contributed by atoms with van der Waals surface area (Å²) >= 11 is 6.11. The van der Waals surface area contributed by atoms with Gasteiger partial charge in [-0.1, -0.05) is 29.8 Å². The zero-order valence-corrected chi connectivity index (χ0v) is 13.3. The van der Waals surface area contributed by atoms with Gasteiger partial charge in [0.05, 0.1) is 24.1 Å². The number of primary amides is 1. The quantitative estimate of drug-likeness (QED) is 0.745. The number of anilines is 1. The average molecular weight is 340 g/mol. The first-order chi connectivity index (χ1) is 11.6. The second-order valence-corrected chi connectivity index (χ2v) is 5.48. The number of nitrogens with one attached hydrogen (secondary N) is 1. The molecule has 2 aromatic heterocycles. The van der Waals surface area contributed by atoms with Gasteiger partial charge in [-0.25, -0.2) is 4.98 Å². The molecule has 7 heteroatoms. The van der Waals surface area contributed by atoms with Gasteiger partial charge in [-0.15, -0.1) is 0 Å². The number of benzene rings is 1. The minimum atomic E-state index is -0.636. The fraction of sp³-hybridized carbons (Fsp3) is 0.0588. The highest BCUT2D eigenvalue weighted by atomic mass is 35.5. The summed E-state index contributed by atoms with van der Waals surface area (Å²) < 4.78 is 0. The Morgan fingerprint density at radius 1 is 1.17 bits per heavy atom. The Morgan fingerprint density at radius 3 is 2.75 bits per heavy atom. The Hall–Kier alpha value is -2.99. The number of nitrogens with zero attached hydrogens (tertiary/aromatic N) is 3. The van der Waals surface area contributed by atoms with Crippen molar-refractivity contribution in [1.29, 1.82) is 0 Å². The predicted molar refractivity (Wildman–Crippen MR) is 91.7 cm³/mol. The number of rotatable bonds is 5. The minimum absolute atomic E-state index is 0.0888. The van der Waals surface area contributed by atoms with Crippen molar-refractivity contribution < 1.29 is 4.79 Å². The fourth-order valence-electron chi connectivity index (χ4n) is 2.26. The molecule has 1 atom stereocenters. The topological polar surface area (TPSA) is 93.8 Å². The van der Waals surface area contributed by atoms with Crippen molar-refractivity contribution in [1.82, 2.24) is 15.0 Å². The highest BCUT2D eigenvalue weighted by Crippen LogP contribution is 2.26. The van der Waals surface area contributed by atoms with Gasteiger partial charge in [0.25, 0.3) is 5.91 Å². The van der Waals surface area contributed by atoms with Gasteiger partial charge >= 0.3 is 0 Å². The summed E-state index contributed by atoms with van der Waals surface area (Å²) in [6.07, 6.45) is 4.55. The van der Waals surface area contributed by atoms with Crippen LogP contribution in [-0.4, -0.2) is 20.9 Å². The lowest BCUT2D eigenvalue weighted by atomic mass is 10.0. The van der Waals surface area contributed by atoms with E-state index < -0.39 is 5.91 Å². The molecule has 0 bridgehead atoms. The van der Waals surface area contributed by atoms with E-state index in [2.05, 4.69) is 20.3 Å². The molecule has 0 spiro atoms. The van der Waals surface area contributed by atoms with E-state index in [4.69, 9.17) is 17.3 Å². The maximum Gasteiger partial charge on any atom is 0.268 e. The molecule has 0 radical (unpaired) electrons. The number of hydrogen-bond donors (Lipinski definition) is 2. The molecule has 0 aliphatic rings. The van der Waals surface area contributed by atoms with Crippen LogP contribution in [0.1, 0.15) is 27.8 Å². The molecule has 0 saturated heterocycles. The largest absolute Gasteiger partial charge is 0.364 e. The lowest BCUT2D eigenvalue weighted by molar-refractivity contribution is 0.0995. The number of pyridine rings is 1. The van der Waals surface area contributed by atoms with E-state index in [0.717, 1.165) is 11.3 Å². The summed E-state index contributed by atoms with van der Waals surface area (Å²) in [6, 6.07) is 12.8. The van der Waals surface area contributed by atoms with Gasteiger partial charge in [0.1, 0.15) is 11.5 Å². The van der Waals surface area contributed by atoms with E-state index in [0.29, 0.717) is 10.8 Å². The third-order valence-corrected chi connectivity index (χ3v) is 3.58. The van der Waals surface area contributed by atoms with Gasteiger partial charge in [0.15, 0.2) is 0 Å². The minimum Gasteiger partial charge on any atom is -0.364 e. The van der Waals surface area contributed by atoms with E-state index in [1.54, 1.807) is 12.3 Å². The summed E-state index contributed by atoms with van der Waals surface area (Å²) in [4.78, 5) is 23.8. The molecule has 2 heterocycles. The van der Waals surface area contributed by atoms with E-state index >= 15 is 0 Å². The smallest absolute Gasteiger partial charge is 0.268 e. The van der Waals surface area contributed by atoms with E-state index in [1.807, 2.05) is 36.4 Å². The third kappa shape index (κ3) is 3.67. The van der Waals surface area contributed by atoms with E-state index in [1.165, 1.54) is 12.4 Å². The van der Waals surface area contributed by atoms with Crippen LogP contribution in [0.5, 0.6) is 0 Å².